The summed E-state index contributed by atoms with van der Waals surface area (Å²) in [6.07, 6.45) is 2.24. The summed E-state index contributed by atoms with van der Waals surface area (Å²) in [5.74, 6) is 1.34. The Kier molecular flexibility index (Phi) is 6.36. The van der Waals surface area contributed by atoms with Crippen LogP contribution in [0, 0.1) is 0 Å². The summed E-state index contributed by atoms with van der Waals surface area (Å²) in [4.78, 5) is 14.7. The van der Waals surface area contributed by atoms with Crippen molar-refractivity contribution >= 4 is 59.5 Å². The van der Waals surface area contributed by atoms with E-state index < -0.39 is 0 Å². The van der Waals surface area contributed by atoms with Crippen LogP contribution in [0.1, 0.15) is 30.1 Å². The molecule has 1 aliphatic heterocycles. The molecule has 0 amide bonds. The minimum Gasteiger partial charge on any atom is -0.340 e. The predicted octanol–water partition coefficient (Wildman–Crippen LogP) is 5.41. The number of aromatic nitrogens is 3. The number of piperidine rings is 1. The highest BCUT2D eigenvalue weighted by Gasteiger charge is 2.24. The van der Waals surface area contributed by atoms with Gasteiger partial charge in [-0.05, 0) is 55.3 Å². The maximum Gasteiger partial charge on any atom is 0.179 e. The molecule has 4 nitrogen and oxygen atoms in total. The first-order valence-electron chi connectivity index (χ1n) is 8.26. The number of aromatic amines is 1. The first-order valence-corrected chi connectivity index (χ1v) is 9.40. The number of pyridine rings is 1. The number of halogens is 3. The van der Waals surface area contributed by atoms with Crippen molar-refractivity contribution in [2.75, 3.05) is 13.1 Å². The fourth-order valence-corrected chi connectivity index (χ4v) is 4.18. The third-order valence-electron chi connectivity index (χ3n) is 4.55. The van der Waals surface area contributed by atoms with Crippen LogP contribution < -0.4 is 0 Å². The van der Waals surface area contributed by atoms with Gasteiger partial charge in [0.2, 0.25) is 0 Å². The van der Waals surface area contributed by atoms with E-state index in [-0.39, 0.29) is 13.5 Å². The van der Waals surface area contributed by atoms with Crippen molar-refractivity contribution in [3.63, 3.8) is 0 Å². The molecule has 4 rings (SSSR count). The molecule has 3 aromatic rings. The largest absolute Gasteiger partial charge is 0.340 e. The summed E-state index contributed by atoms with van der Waals surface area (Å²) >= 11 is 18.2. The molecule has 1 N–H and O–H groups in total. The molecule has 1 fully saturated rings. The number of H-pyrrole nitrogens is 1. The predicted molar refractivity (Wildman–Crippen MR) is 113 cm³/mol. The van der Waals surface area contributed by atoms with E-state index in [1.54, 1.807) is 12.1 Å². The Balaban J connectivity index is 0.00000196. The maximum absolute atomic E-state index is 6.11. The average molecular weight is 430 g/mol. The van der Waals surface area contributed by atoms with Crippen molar-refractivity contribution in [1.82, 2.24) is 19.9 Å². The Hall–Kier alpha value is -0.980. The van der Waals surface area contributed by atoms with Gasteiger partial charge >= 0.3 is 0 Å². The summed E-state index contributed by atoms with van der Waals surface area (Å²) in [6.45, 7) is 2.84. The van der Waals surface area contributed by atoms with Gasteiger partial charge in [-0.15, -0.1) is 0 Å². The molecule has 3 heterocycles. The van der Waals surface area contributed by atoms with Gasteiger partial charge in [0.05, 0.1) is 5.52 Å². The number of benzene rings is 1. The van der Waals surface area contributed by atoms with Crippen molar-refractivity contribution in [2.45, 2.75) is 25.3 Å². The van der Waals surface area contributed by atoms with Crippen molar-refractivity contribution in [3.8, 4) is 0 Å². The van der Waals surface area contributed by atoms with E-state index >= 15 is 0 Å². The van der Waals surface area contributed by atoms with Gasteiger partial charge in [-0.25, -0.2) is 9.97 Å². The Morgan fingerprint density at radius 1 is 1.08 bits per heavy atom. The molecule has 138 valence electrons. The van der Waals surface area contributed by atoms with Gasteiger partial charge in [0.25, 0.3) is 0 Å². The van der Waals surface area contributed by atoms with Crippen LogP contribution in [0.2, 0.25) is 15.2 Å². The Bertz CT molecular complexity index is 894. The smallest absolute Gasteiger partial charge is 0.179 e. The topological polar surface area (TPSA) is 44.8 Å². The van der Waals surface area contributed by atoms with E-state index in [1.165, 1.54) is 0 Å². The van der Waals surface area contributed by atoms with Gasteiger partial charge in [0, 0.05) is 29.1 Å². The quantitative estimate of drug-likeness (QED) is 0.566. The summed E-state index contributed by atoms with van der Waals surface area (Å²) in [5.41, 5.74) is 2.75. The minimum absolute atomic E-state index is 0. The van der Waals surface area contributed by atoms with Crippen LogP contribution in [0.5, 0.6) is 0 Å². The zero-order chi connectivity index (χ0) is 17.4. The van der Waals surface area contributed by atoms with Crippen LogP contribution in [0.15, 0.2) is 30.3 Å². The van der Waals surface area contributed by atoms with Crippen LogP contribution in [0.25, 0.3) is 11.2 Å². The van der Waals surface area contributed by atoms with E-state index in [0.717, 1.165) is 49.4 Å². The lowest BCUT2D eigenvalue weighted by molar-refractivity contribution is 0.197. The second-order valence-corrected chi connectivity index (χ2v) is 7.74. The van der Waals surface area contributed by atoms with Gasteiger partial charge < -0.3 is 4.98 Å². The summed E-state index contributed by atoms with van der Waals surface area (Å²) in [6, 6.07) is 9.42. The number of hydrogen-bond donors (Lipinski definition) is 1. The first kappa shape index (κ1) is 19.8. The SMILES string of the molecule is Clc1cc(Cl)cc(CN2CCC[C@H](c3nc4nc(Cl)ccc4[nH]3)C2)c1.S. The lowest BCUT2D eigenvalue weighted by Gasteiger charge is -2.31. The molecule has 0 bridgehead atoms. The molecular formula is C18H19Cl3N4S. The maximum atomic E-state index is 6.11. The lowest BCUT2D eigenvalue weighted by atomic mass is 9.97. The third-order valence-corrected chi connectivity index (χ3v) is 5.20. The van der Waals surface area contributed by atoms with Crippen LogP contribution in [-0.4, -0.2) is 32.9 Å². The van der Waals surface area contributed by atoms with E-state index in [2.05, 4.69) is 19.9 Å². The normalized spacial score (nSPS) is 18.0. The second-order valence-electron chi connectivity index (χ2n) is 6.48. The molecule has 1 saturated heterocycles. The molecule has 0 aliphatic carbocycles. The zero-order valence-corrected chi connectivity index (χ0v) is 17.2. The molecule has 2 aromatic heterocycles. The lowest BCUT2D eigenvalue weighted by Crippen LogP contribution is -2.34. The van der Waals surface area contributed by atoms with Crippen molar-refractivity contribution in [1.29, 1.82) is 0 Å². The summed E-state index contributed by atoms with van der Waals surface area (Å²) < 4.78 is 0. The fraction of sp³-hybridized carbons (Fsp3) is 0.333. The Labute approximate surface area is 174 Å². The van der Waals surface area contributed by atoms with Gasteiger partial charge in [0.15, 0.2) is 5.65 Å². The molecule has 0 saturated carbocycles. The van der Waals surface area contributed by atoms with Crippen LogP contribution in [0.3, 0.4) is 0 Å². The monoisotopic (exact) mass is 428 g/mol. The molecule has 0 radical (unpaired) electrons. The van der Waals surface area contributed by atoms with Crippen LogP contribution in [0.4, 0.5) is 0 Å². The fourth-order valence-electron chi connectivity index (χ4n) is 3.46. The number of nitrogens with zero attached hydrogens (tertiary/aromatic N) is 3. The van der Waals surface area contributed by atoms with Crippen LogP contribution in [-0.2, 0) is 6.54 Å². The molecule has 1 atom stereocenters. The Morgan fingerprint density at radius 3 is 2.62 bits per heavy atom. The van der Waals surface area contributed by atoms with Crippen molar-refractivity contribution < 1.29 is 0 Å². The molecular weight excluding hydrogens is 411 g/mol. The highest BCUT2D eigenvalue weighted by Crippen LogP contribution is 2.28. The van der Waals surface area contributed by atoms with E-state index in [9.17, 15) is 0 Å². The average Bonchev–Trinajstić information content (AvgIpc) is 2.97. The third kappa shape index (κ3) is 4.46. The van der Waals surface area contributed by atoms with E-state index in [1.807, 2.05) is 18.2 Å². The van der Waals surface area contributed by atoms with Crippen LogP contribution >= 0.6 is 48.3 Å². The van der Waals surface area contributed by atoms with Gasteiger partial charge in [-0.2, -0.15) is 13.5 Å². The second kappa shape index (κ2) is 8.36. The number of likely N-dealkylation sites (tertiary alicyclic amines) is 1. The standard InChI is InChI=1S/C18H17Cl3N4.H2S/c19-13-6-11(7-14(20)8-13)9-25-5-1-2-12(10-25)17-22-15-3-4-16(21)23-18(15)24-17;/h3-4,6-8,12H,1-2,5,9-10H2,(H,22,23,24);1H2/t12-;/m0./s1. The number of hydrogen-bond acceptors (Lipinski definition) is 3. The summed E-state index contributed by atoms with van der Waals surface area (Å²) in [5, 5.41) is 1.82. The molecule has 0 spiro atoms. The van der Waals surface area contributed by atoms with E-state index in [4.69, 9.17) is 34.8 Å². The molecule has 26 heavy (non-hydrogen) atoms. The van der Waals surface area contributed by atoms with Gasteiger partial charge in [-0.3, -0.25) is 4.90 Å². The first-order chi connectivity index (χ1) is 12.1. The number of nitrogens with one attached hydrogen (secondary N) is 1. The molecule has 8 heteroatoms. The minimum atomic E-state index is 0. The zero-order valence-electron chi connectivity index (χ0n) is 14.0. The highest BCUT2D eigenvalue weighted by atomic mass is 35.5. The molecule has 1 aliphatic rings. The molecule has 0 unspecified atom stereocenters. The number of fused-ring (bicyclic) bond motifs is 1. The van der Waals surface area contributed by atoms with Gasteiger partial charge in [-0.1, -0.05) is 34.8 Å². The number of imidazole rings is 1. The van der Waals surface area contributed by atoms with Gasteiger partial charge in [0.1, 0.15) is 11.0 Å². The number of rotatable bonds is 3. The molecule has 1 aromatic carbocycles. The highest BCUT2D eigenvalue weighted by molar-refractivity contribution is 7.59. The van der Waals surface area contributed by atoms with Crippen molar-refractivity contribution in [2.24, 2.45) is 0 Å². The van der Waals surface area contributed by atoms with Crippen molar-refractivity contribution in [3.05, 3.63) is 56.9 Å². The van der Waals surface area contributed by atoms with E-state index in [0.29, 0.717) is 26.8 Å². The summed E-state index contributed by atoms with van der Waals surface area (Å²) in [7, 11) is 0. The Morgan fingerprint density at radius 2 is 1.85 bits per heavy atom.